The fourth-order valence-electron chi connectivity index (χ4n) is 2.29. The highest BCUT2D eigenvalue weighted by atomic mass is 35.5. The number of nitrogens with zero attached hydrogens (tertiary/aromatic N) is 2. The van der Waals surface area contributed by atoms with Gasteiger partial charge in [-0.2, -0.15) is 13.2 Å². The van der Waals surface area contributed by atoms with Crippen molar-refractivity contribution < 1.29 is 13.2 Å². The van der Waals surface area contributed by atoms with Gasteiger partial charge in [0, 0.05) is 24.7 Å². The van der Waals surface area contributed by atoms with Gasteiger partial charge in [0.25, 0.3) is 0 Å². The molecule has 1 aromatic heterocycles. The molecule has 2 rings (SSSR count). The van der Waals surface area contributed by atoms with Crippen LogP contribution in [0.25, 0.3) is 0 Å². The van der Waals surface area contributed by atoms with Crippen LogP contribution in [0.1, 0.15) is 24.8 Å². The maximum absolute atomic E-state index is 12.9. The lowest BCUT2D eigenvalue weighted by Gasteiger charge is -2.36. The molecule has 0 amide bonds. The maximum Gasteiger partial charge on any atom is 0.419 e. The molecule has 0 N–H and O–H groups in total. The van der Waals surface area contributed by atoms with Crippen LogP contribution in [0.3, 0.4) is 0 Å². The lowest BCUT2D eigenvalue weighted by molar-refractivity contribution is -0.137. The van der Waals surface area contributed by atoms with Gasteiger partial charge in [0.05, 0.1) is 5.56 Å². The van der Waals surface area contributed by atoms with Gasteiger partial charge in [-0.15, -0.1) is 11.6 Å². The molecule has 1 aliphatic heterocycles. The first-order valence-electron chi connectivity index (χ1n) is 5.89. The molecule has 1 aliphatic rings. The van der Waals surface area contributed by atoms with Gasteiger partial charge >= 0.3 is 6.18 Å². The quantitative estimate of drug-likeness (QED) is 0.767. The Hall–Kier alpha value is -0.970. The van der Waals surface area contributed by atoms with Gasteiger partial charge in [0.2, 0.25) is 0 Å². The number of alkyl halides is 4. The number of pyridine rings is 1. The number of rotatable bonds is 2. The van der Waals surface area contributed by atoms with E-state index in [2.05, 4.69) is 4.98 Å². The largest absolute Gasteiger partial charge is 0.419 e. The van der Waals surface area contributed by atoms with Crippen LogP contribution in [-0.4, -0.2) is 23.5 Å². The summed E-state index contributed by atoms with van der Waals surface area (Å²) in [5.41, 5.74) is -0.679. The zero-order chi connectivity index (χ0) is 13.2. The summed E-state index contributed by atoms with van der Waals surface area (Å²) in [6, 6.07) is 2.32. The molecule has 1 fully saturated rings. The van der Waals surface area contributed by atoms with Gasteiger partial charge in [0.1, 0.15) is 5.82 Å². The Bertz CT molecular complexity index is 409. The van der Waals surface area contributed by atoms with Gasteiger partial charge in [0.15, 0.2) is 0 Å². The first kappa shape index (κ1) is 13.5. The highest BCUT2D eigenvalue weighted by molar-refractivity contribution is 6.18. The number of aromatic nitrogens is 1. The molecular weight excluding hydrogens is 265 g/mol. The summed E-state index contributed by atoms with van der Waals surface area (Å²) in [6.07, 6.45) is -0.289. The Morgan fingerprint density at radius 2 is 2.17 bits per heavy atom. The van der Waals surface area contributed by atoms with E-state index in [1.54, 1.807) is 4.90 Å². The lowest BCUT2D eigenvalue weighted by Crippen LogP contribution is -2.42. The molecule has 0 radical (unpaired) electrons. The van der Waals surface area contributed by atoms with E-state index in [0.717, 1.165) is 25.3 Å². The lowest BCUT2D eigenvalue weighted by atomic mass is 10.0. The smallest absolute Gasteiger partial charge is 0.352 e. The molecule has 1 unspecified atom stereocenters. The van der Waals surface area contributed by atoms with E-state index >= 15 is 0 Å². The Kier molecular flexibility index (Phi) is 4.00. The van der Waals surface area contributed by atoms with Crippen molar-refractivity contribution in [1.82, 2.24) is 4.98 Å². The minimum absolute atomic E-state index is 0.00958. The highest BCUT2D eigenvalue weighted by Gasteiger charge is 2.37. The van der Waals surface area contributed by atoms with Gasteiger partial charge < -0.3 is 4.90 Å². The standard InChI is InChI=1S/C12H14ClF3N2/c13-8-9-4-1-2-7-18(9)11-10(12(14,15)16)5-3-6-17-11/h3,5-6,9H,1-2,4,7-8H2. The predicted molar refractivity (Wildman–Crippen MR) is 64.9 cm³/mol. The summed E-state index contributed by atoms with van der Waals surface area (Å²) in [7, 11) is 0. The van der Waals surface area contributed by atoms with Crippen molar-refractivity contribution in [2.45, 2.75) is 31.5 Å². The third-order valence-electron chi connectivity index (χ3n) is 3.17. The second-order valence-electron chi connectivity index (χ2n) is 4.37. The van der Waals surface area contributed by atoms with Crippen LogP contribution < -0.4 is 4.90 Å². The zero-order valence-electron chi connectivity index (χ0n) is 9.75. The van der Waals surface area contributed by atoms with Crippen LogP contribution >= 0.6 is 11.6 Å². The molecule has 100 valence electrons. The van der Waals surface area contributed by atoms with E-state index in [9.17, 15) is 13.2 Å². The third-order valence-corrected chi connectivity index (χ3v) is 3.53. The predicted octanol–water partition coefficient (Wildman–Crippen LogP) is 3.70. The van der Waals surface area contributed by atoms with E-state index in [1.807, 2.05) is 0 Å². The Balaban J connectivity index is 2.37. The highest BCUT2D eigenvalue weighted by Crippen LogP contribution is 2.37. The number of piperidine rings is 1. The van der Waals surface area contributed by atoms with Crippen LogP contribution in [0.5, 0.6) is 0 Å². The second kappa shape index (κ2) is 5.34. The first-order chi connectivity index (χ1) is 8.54. The van der Waals surface area contributed by atoms with Crippen molar-refractivity contribution in [2.75, 3.05) is 17.3 Å². The summed E-state index contributed by atoms with van der Waals surface area (Å²) in [6.45, 7) is 0.581. The number of hydrogen-bond acceptors (Lipinski definition) is 2. The van der Waals surface area contributed by atoms with Gasteiger partial charge in [-0.1, -0.05) is 0 Å². The van der Waals surface area contributed by atoms with Crippen molar-refractivity contribution in [2.24, 2.45) is 0 Å². The SMILES string of the molecule is FC(F)(F)c1cccnc1N1CCCCC1CCl. The summed E-state index contributed by atoms with van der Waals surface area (Å²) < 4.78 is 38.8. The van der Waals surface area contributed by atoms with Gasteiger partial charge in [-0.05, 0) is 31.4 Å². The molecule has 1 aromatic rings. The second-order valence-corrected chi connectivity index (χ2v) is 4.68. The van der Waals surface area contributed by atoms with Crippen LogP contribution in [0, 0.1) is 0 Å². The van der Waals surface area contributed by atoms with Crippen LogP contribution in [0.2, 0.25) is 0 Å². The van der Waals surface area contributed by atoms with Crippen molar-refractivity contribution in [3.63, 3.8) is 0 Å². The zero-order valence-corrected chi connectivity index (χ0v) is 10.5. The Labute approximate surface area is 109 Å². The number of anilines is 1. The fourth-order valence-corrected chi connectivity index (χ4v) is 2.61. The van der Waals surface area contributed by atoms with Crippen molar-refractivity contribution in [3.05, 3.63) is 23.9 Å². The summed E-state index contributed by atoms with van der Waals surface area (Å²) in [5.74, 6) is 0.337. The maximum atomic E-state index is 12.9. The van der Waals surface area contributed by atoms with E-state index < -0.39 is 11.7 Å². The third kappa shape index (κ3) is 2.71. The molecule has 18 heavy (non-hydrogen) atoms. The minimum atomic E-state index is -4.38. The molecule has 2 heterocycles. The van der Waals surface area contributed by atoms with E-state index in [4.69, 9.17) is 11.6 Å². The first-order valence-corrected chi connectivity index (χ1v) is 6.42. The molecule has 1 atom stereocenters. The molecule has 0 aromatic carbocycles. The van der Waals surface area contributed by atoms with E-state index in [-0.39, 0.29) is 11.9 Å². The minimum Gasteiger partial charge on any atom is -0.352 e. The topological polar surface area (TPSA) is 16.1 Å². The van der Waals surface area contributed by atoms with Crippen LogP contribution in [0.4, 0.5) is 19.0 Å². The van der Waals surface area contributed by atoms with Gasteiger partial charge in [-0.3, -0.25) is 0 Å². The number of halogens is 4. The molecule has 0 spiro atoms. The molecule has 0 aliphatic carbocycles. The molecule has 0 saturated carbocycles. The average molecular weight is 279 g/mol. The normalized spacial score (nSPS) is 21.1. The van der Waals surface area contributed by atoms with Crippen molar-refractivity contribution >= 4 is 17.4 Å². The monoisotopic (exact) mass is 278 g/mol. The average Bonchev–Trinajstić information content (AvgIpc) is 2.37. The molecule has 6 heteroatoms. The van der Waals surface area contributed by atoms with E-state index in [1.165, 1.54) is 12.3 Å². The van der Waals surface area contributed by atoms with Crippen molar-refractivity contribution in [1.29, 1.82) is 0 Å². The van der Waals surface area contributed by atoms with Crippen molar-refractivity contribution in [3.8, 4) is 0 Å². The van der Waals surface area contributed by atoms with E-state index in [0.29, 0.717) is 12.4 Å². The van der Waals surface area contributed by atoms with Crippen LogP contribution in [0.15, 0.2) is 18.3 Å². The van der Waals surface area contributed by atoms with Crippen LogP contribution in [-0.2, 0) is 6.18 Å². The molecule has 0 bridgehead atoms. The fraction of sp³-hybridized carbons (Fsp3) is 0.583. The molecule has 2 nitrogen and oxygen atoms in total. The summed E-state index contributed by atoms with van der Waals surface area (Å²) >= 11 is 5.84. The summed E-state index contributed by atoms with van der Waals surface area (Å²) in [4.78, 5) is 5.61. The Morgan fingerprint density at radius 1 is 1.39 bits per heavy atom. The Morgan fingerprint density at radius 3 is 2.83 bits per heavy atom. The van der Waals surface area contributed by atoms with Gasteiger partial charge in [-0.25, -0.2) is 4.98 Å². The number of hydrogen-bond donors (Lipinski definition) is 0. The molecular formula is C12H14ClF3N2. The molecule has 1 saturated heterocycles. The summed E-state index contributed by atoms with van der Waals surface area (Å²) in [5, 5.41) is 0.